The van der Waals surface area contributed by atoms with Gasteiger partial charge < -0.3 is 14.4 Å². The molecule has 2 aromatic heterocycles. The van der Waals surface area contributed by atoms with E-state index in [1.807, 2.05) is 13.8 Å². The fraction of sp³-hybridized carbons (Fsp3) is 0.385. The van der Waals surface area contributed by atoms with Crippen LogP contribution in [0.3, 0.4) is 0 Å². The molecule has 0 aliphatic heterocycles. The predicted octanol–water partition coefficient (Wildman–Crippen LogP) is 2.01. The number of hydrogen-bond acceptors (Lipinski definition) is 5. The van der Waals surface area contributed by atoms with Crippen LogP contribution in [0.25, 0.3) is 0 Å². The second-order valence-corrected chi connectivity index (χ2v) is 3.95. The summed E-state index contributed by atoms with van der Waals surface area (Å²) >= 11 is 0. The van der Waals surface area contributed by atoms with Gasteiger partial charge in [0.15, 0.2) is 0 Å². The van der Waals surface area contributed by atoms with Crippen LogP contribution in [-0.4, -0.2) is 15.2 Å². The summed E-state index contributed by atoms with van der Waals surface area (Å²) in [6.07, 6.45) is 2.41. The van der Waals surface area contributed by atoms with Crippen molar-refractivity contribution in [2.75, 3.05) is 0 Å². The number of aliphatic hydroxyl groups is 1. The van der Waals surface area contributed by atoms with E-state index in [2.05, 4.69) is 10.1 Å². The minimum Gasteiger partial charge on any atom is -0.487 e. The molecular weight excluding hydrogens is 232 g/mol. The summed E-state index contributed by atoms with van der Waals surface area (Å²) in [6.45, 7) is 4.25. The van der Waals surface area contributed by atoms with Crippen molar-refractivity contribution in [2.24, 2.45) is 0 Å². The molecule has 0 aliphatic rings. The third-order valence-corrected chi connectivity index (χ3v) is 2.74. The van der Waals surface area contributed by atoms with Gasteiger partial charge in [-0.25, -0.2) is 0 Å². The van der Waals surface area contributed by atoms with E-state index in [-0.39, 0.29) is 6.61 Å². The molecule has 0 radical (unpaired) electrons. The molecule has 0 amide bonds. The van der Waals surface area contributed by atoms with E-state index >= 15 is 0 Å². The topological polar surface area (TPSA) is 68.4 Å². The van der Waals surface area contributed by atoms with Gasteiger partial charge in [0.25, 0.3) is 0 Å². The molecular formula is C13H16N2O3. The molecule has 0 bridgehead atoms. The number of aromatic nitrogens is 2. The van der Waals surface area contributed by atoms with Crippen molar-refractivity contribution in [2.45, 2.75) is 33.5 Å². The van der Waals surface area contributed by atoms with Gasteiger partial charge in [-0.15, -0.1) is 0 Å². The fourth-order valence-electron chi connectivity index (χ4n) is 1.65. The summed E-state index contributed by atoms with van der Waals surface area (Å²) in [6, 6.07) is 3.52. The van der Waals surface area contributed by atoms with E-state index in [9.17, 15) is 0 Å². The highest BCUT2D eigenvalue weighted by molar-refractivity contribution is 5.24. The molecule has 96 valence electrons. The van der Waals surface area contributed by atoms with Crippen LogP contribution in [0.1, 0.15) is 29.6 Å². The molecule has 5 heteroatoms. The first kappa shape index (κ1) is 12.6. The van der Waals surface area contributed by atoms with Gasteiger partial charge in [0.05, 0.1) is 29.8 Å². The van der Waals surface area contributed by atoms with Crippen molar-refractivity contribution in [3.63, 3.8) is 0 Å². The Hall–Kier alpha value is -1.88. The van der Waals surface area contributed by atoms with Gasteiger partial charge in [-0.1, -0.05) is 12.1 Å². The molecule has 0 atom stereocenters. The highest BCUT2D eigenvalue weighted by Gasteiger charge is 2.11. The maximum absolute atomic E-state index is 8.89. The first-order valence-corrected chi connectivity index (χ1v) is 5.87. The maximum atomic E-state index is 8.89. The van der Waals surface area contributed by atoms with E-state index in [4.69, 9.17) is 14.4 Å². The van der Waals surface area contributed by atoms with Crippen LogP contribution < -0.4 is 4.74 Å². The first-order chi connectivity index (χ1) is 8.74. The highest BCUT2D eigenvalue weighted by atomic mass is 16.5. The molecule has 0 saturated heterocycles. The Kier molecular flexibility index (Phi) is 3.94. The maximum Gasteiger partial charge on any atom is 0.140 e. The van der Waals surface area contributed by atoms with Gasteiger partial charge in [-0.05, 0) is 25.5 Å². The average Bonchev–Trinajstić information content (AvgIpc) is 2.77. The number of pyridine rings is 1. The lowest BCUT2D eigenvalue weighted by Crippen LogP contribution is -2.00. The number of ether oxygens (including phenoxy) is 1. The molecule has 0 saturated carbocycles. The predicted molar refractivity (Wildman–Crippen MR) is 65.1 cm³/mol. The largest absolute Gasteiger partial charge is 0.487 e. The van der Waals surface area contributed by atoms with Gasteiger partial charge in [-0.2, -0.15) is 0 Å². The van der Waals surface area contributed by atoms with E-state index in [0.29, 0.717) is 18.1 Å². The Morgan fingerprint density at radius 3 is 2.83 bits per heavy atom. The van der Waals surface area contributed by atoms with Crippen LogP contribution in [0.5, 0.6) is 5.75 Å². The molecule has 0 spiro atoms. The van der Waals surface area contributed by atoms with E-state index in [0.717, 1.165) is 23.4 Å². The van der Waals surface area contributed by atoms with Crippen LogP contribution in [0, 0.1) is 6.92 Å². The standard InChI is InChI=1S/C13H16N2O3/c1-3-13-12(9(2)18-15-13)8-17-11-5-4-10(7-16)14-6-11/h4-6,16H,3,7-8H2,1-2H3. The Morgan fingerprint density at radius 1 is 1.39 bits per heavy atom. The van der Waals surface area contributed by atoms with Gasteiger partial charge in [0.2, 0.25) is 0 Å². The second kappa shape index (κ2) is 5.64. The minimum atomic E-state index is -0.0645. The normalized spacial score (nSPS) is 10.6. The number of hydrogen-bond donors (Lipinski definition) is 1. The first-order valence-electron chi connectivity index (χ1n) is 5.87. The van der Waals surface area contributed by atoms with Crippen molar-refractivity contribution in [1.82, 2.24) is 10.1 Å². The Labute approximate surface area is 105 Å². The third kappa shape index (κ3) is 2.68. The molecule has 2 rings (SSSR count). The smallest absolute Gasteiger partial charge is 0.140 e. The molecule has 18 heavy (non-hydrogen) atoms. The van der Waals surface area contributed by atoms with E-state index in [1.165, 1.54) is 0 Å². The van der Waals surface area contributed by atoms with Crippen LogP contribution in [0.4, 0.5) is 0 Å². The summed E-state index contributed by atoms with van der Waals surface area (Å²) in [7, 11) is 0. The lowest BCUT2D eigenvalue weighted by molar-refractivity contribution is 0.274. The molecule has 0 aliphatic carbocycles. The van der Waals surface area contributed by atoms with Crippen LogP contribution in [0.2, 0.25) is 0 Å². The summed E-state index contributed by atoms with van der Waals surface area (Å²) in [4.78, 5) is 4.05. The lowest BCUT2D eigenvalue weighted by atomic mass is 10.2. The Morgan fingerprint density at radius 2 is 2.22 bits per heavy atom. The fourth-order valence-corrected chi connectivity index (χ4v) is 1.65. The SMILES string of the molecule is CCc1noc(C)c1COc1ccc(CO)nc1. The zero-order valence-corrected chi connectivity index (χ0v) is 10.5. The number of nitrogens with zero attached hydrogens (tertiary/aromatic N) is 2. The Balaban J connectivity index is 2.04. The van der Waals surface area contributed by atoms with Crippen molar-refractivity contribution in [3.8, 4) is 5.75 Å². The third-order valence-electron chi connectivity index (χ3n) is 2.74. The van der Waals surface area contributed by atoms with Crippen molar-refractivity contribution in [1.29, 1.82) is 0 Å². The van der Waals surface area contributed by atoms with Crippen LogP contribution in [0.15, 0.2) is 22.9 Å². The molecule has 0 aromatic carbocycles. The molecule has 0 unspecified atom stereocenters. The van der Waals surface area contributed by atoms with Crippen LogP contribution in [-0.2, 0) is 19.6 Å². The zero-order chi connectivity index (χ0) is 13.0. The number of aryl methyl sites for hydroxylation is 2. The van der Waals surface area contributed by atoms with Crippen LogP contribution >= 0.6 is 0 Å². The Bertz CT molecular complexity index is 505. The van der Waals surface area contributed by atoms with Crippen molar-refractivity contribution < 1.29 is 14.4 Å². The molecule has 1 N–H and O–H groups in total. The van der Waals surface area contributed by atoms with Gasteiger partial charge in [0, 0.05) is 0 Å². The average molecular weight is 248 g/mol. The quantitative estimate of drug-likeness (QED) is 0.876. The van der Waals surface area contributed by atoms with Gasteiger partial charge in [0.1, 0.15) is 18.1 Å². The molecule has 2 heterocycles. The number of aliphatic hydroxyl groups excluding tert-OH is 1. The van der Waals surface area contributed by atoms with E-state index < -0.39 is 0 Å². The van der Waals surface area contributed by atoms with Crippen molar-refractivity contribution >= 4 is 0 Å². The minimum absolute atomic E-state index is 0.0645. The molecule has 2 aromatic rings. The zero-order valence-electron chi connectivity index (χ0n) is 10.5. The summed E-state index contributed by atoms with van der Waals surface area (Å²) in [5, 5.41) is 12.9. The highest BCUT2D eigenvalue weighted by Crippen LogP contribution is 2.17. The second-order valence-electron chi connectivity index (χ2n) is 3.95. The monoisotopic (exact) mass is 248 g/mol. The molecule has 0 fully saturated rings. The van der Waals surface area contributed by atoms with Crippen molar-refractivity contribution in [3.05, 3.63) is 41.0 Å². The van der Waals surface area contributed by atoms with E-state index in [1.54, 1.807) is 18.3 Å². The summed E-state index contributed by atoms with van der Waals surface area (Å²) in [5.74, 6) is 1.45. The summed E-state index contributed by atoms with van der Waals surface area (Å²) in [5.41, 5.74) is 2.54. The number of rotatable bonds is 5. The van der Waals surface area contributed by atoms with Gasteiger partial charge >= 0.3 is 0 Å². The lowest BCUT2D eigenvalue weighted by Gasteiger charge is -2.06. The van der Waals surface area contributed by atoms with Gasteiger partial charge in [-0.3, -0.25) is 4.98 Å². The molecule has 5 nitrogen and oxygen atoms in total. The summed E-state index contributed by atoms with van der Waals surface area (Å²) < 4.78 is 10.8.